The Morgan fingerprint density at radius 2 is 1.89 bits per heavy atom. The van der Waals surface area contributed by atoms with E-state index in [2.05, 4.69) is 0 Å². The van der Waals surface area contributed by atoms with Gasteiger partial charge in [-0.1, -0.05) is 0 Å². The van der Waals surface area contributed by atoms with Gasteiger partial charge in [-0.3, -0.25) is 10.1 Å². The van der Waals surface area contributed by atoms with Gasteiger partial charge in [0.1, 0.15) is 0 Å². The van der Waals surface area contributed by atoms with Crippen LogP contribution in [0.3, 0.4) is 0 Å². The van der Waals surface area contributed by atoms with Crippen molar-refractivity contribution in [2.45, 2.75) is 39.4 Å². The molecule has 0 radical (unpaired) electrons. The van der Waals surface area contributed by atoms with Crippen LogP contribution in [-0.2, 0) is 4.74 Å². The summed E-state index contributed by atoms with van der Waals surface area (Å²) in [7, 11) is 0. The molecule has 0 aliphatic carbocycles. The molecule has 104 valence electrons. The van der Waals surface area contributed by atoms with Crippen molar-refractivity contribution in [1.82, 2.24) is 0 Å². The fraction of sp³-hybridized carbons (Fsp3) is 0.538. The lowest BCUT2D eigenvalue weighted by Crippen LogP contribution is -2.21. The average Bonchev–Trinajstić information content (AvgIpc) is 2.71. The number of benzene rings is 1. The second-order valence-corrected chi connectivity index (χ2v) is 5.39. The van der Waals surface area contributed by atoms with Gasteiger partial charge in [0.25, 0.3) is 5.69 Å². The lowest BCUT2D eigenvalue weighted by molar-refractivity contribution is -0.386. The fourth-order valence-electron chi connectivity index (χ4n) is 2.02. The molecule has 0 bridgehead atoms. The number of nitro benzene ring substituents is 1. The Morgan fingerprint density at radius 1 is 1.32 bits per heavy atom. The molecule has 1 heterocycles. The Labute approximate surface area is 111 Å². The molecule has 0 spiro atoms. The van der Waals surface area contributed by atoms with E-state index in [1.165, 1.54) is 6.07 Å². The van der Waals surface area contributed by atoms with Crippen LogP contribution in [-0.4, -0.2) is 17.3 Å². The number of nitro groups is 1. The van der Waals surface area contributed by atoms with Gasteiger partial charge in [-0.15, -0.1) is 0 Å². The Bertz CT molecular complexity index is 506. The van der Waals surface area contributed by atoms with Crippen LogP contribution < -0.4 is 9.47 Å². The predicted molar refractivity (Wildman–Crippen MR) is 68.5 cm³/mol. The third-order valence-corrected chi connectivity index (χ3v) is 2.69. The summed E-state index contributed by atoms with van der Waals surface area (Å²) in [6, 6.07) is 3.01. The molecule has 6 heteroatoms. The molecule has 1 aromatic carbocycles. The van der Waals surface area contributed by atoms with Gasteiger partial charge >= 0.3 is 0 Å². The smallest absolute Gasteiger partial charge is 0.279 e. The quantitative estimate of drug-likeness (QED) is 0.621. The molecule has 1 aromatic rings. The van der Waals surface area contributed by atoms with Gasteiger partial charge < -0.3 is 14.2 Å². The number of rotatable bonds is 3. The fourth-order valence-corrected chi connectivity index (χ4v) is 2.02. The summed E-state index contributed by atoms with van der Waals surface area (Å²) in [5.74, 6) is 0.920. The van der Waals surface area contributed by atoms with Crippen molar-refractivity contribution >= 4 is 5.69 Å². The number of hydrogen-bond donors (Lipinski definition) is 0. The van der Waals surface area contributed by atoms with Crippen molar-refractivity contribution in [2.24, 2.45) is 0 Å². The molecule has 0 aromatic heterocycles. The predicted octanol–water partition coefficient (Wildman–Crippen LogP) is 3.20. The normalized spacial score (nSPS) is 15.4. The van der Waals surface area contributed by atoms with E-state index in [-0.39, 0.29) is 18.1 Å². The number of ether oxygens (including phenoxy) is 3. The van der Waals surface area contributed by atoms with Crippen LogP contribution in [0, 0.1) is 10.1 Å². The summed E-state index contributed by atoms with van der Waals surface area (Å²) in [5.41, 5.74) is 0.0918. The van der Waals surface area contributed by atoms with Crippen molar-refractivity contribution in [2.75, 3.05) is 6.79 Å². The minimum absolute atomic E-state index is 0.0130. The van der Waals surface area contributed by atoms with Crippen molar-refractivity contribution < 1.29 is 19.1 Å². The van der Waals surface area contributed by atoms with Gasteiger partial charge in [-0.05, 0) is 33.8 Å². The topological polar surface area (TPSA) is 70.8 Å². The molecule has 1 unspecified atom stereocenters. The van der Waals surface area contributed by atoms with E-state index >= 15 is 0 Å². The van der Waals surface area contributed by atoms with Gasteiger partial charge in [-0.25, -0.2) is 0 Å². The van der Waals surface area contributed by atoms with Gasteiger partial charge in [0.2, 0.25) is 6.79 Å². The third kappa shape index (κ3) is 2.96. The van der Waals surface area contributed by atoms with E-state index in [0.717, 1.165) is 0 Å². The first kappa shape index (κ1) is 13.6. The number of hydrogen-bond acceptors (Lipinski definition) is 5. The Hall–Kier alpha value is -1.82. The van der Waals surface area contributed by atoms with Gasteiger partial charge in [0.15, 0.2) is 11.5 Å². The van der Waals surface area contributed by atoms with Gasteiger partial charge in [-0.2, -0.15) is 0 Å². The summed E-state index contributed by atoms with van der Waals surface area (Å²) in [5, 5.41) is 11.1. The second kappa shape index (κ2) is 4.70. The van der Waals surface area contributed by atoms with E-state index in [1.54, 1.807) is 13.0 Å². The second-order valence-electron chi connectivity index (χ2n) is 5.39. The molecule has 6 nitrogen and oxygen atoms in total. The molecule has 2 rings (SSSR count). The highest BCUT2D eigenvalue weighted by molar-refractivity contribution is 5.55. The van der Waals surface area contributed by atoms with Crippen LogP contribution in [0.5, 0.6) is 11.5 Å². The first-order chi connectivity index (χ1) is 8.78. The summed E-state index contributed by atoms with van der Waals surface area (Å²) in [6.07, 6.45) is -0.408. The van der Waals surface area contributed by atoms with Gasteiger partial charge in [0, 0.05) is 0 Å². The Balaban J connectivity index is 2.40. The lowest BCUT2D eigenvalue weighted by atomic mass is 10.1. The maximum Gasteiger partial charge on any atom is 0.279 e. The summed E-state index contributed by atoms with van der Waals surface area (Å²) in [6.45, 7) is 7.59. The molecule has 0 saturated heterocycles. The van der Waals surface area contributed by atoms with Crippen molar-refractivity contribution in [1.29, 1.82) is 0 Å². The highest BCUT2D eigenvalue weighted by Crippen LogP contribution is 2.41. The minimum atomic E-state index is -0.431. The first-order valence-corrected chi connectivity index (χ1v) is 6.03. The zero-order chi connectivity index (χ0) is 14.2. The molecule has 0 fully saturated rings. The summed E-state index contributed by atoms with van der Waals surface area (Å²) >= 11 is 0. The summed E-state index contributed by atoms with van der Waals surface area (Å²) in [4.78, 5) is 10.7. The van der Waals surface area contributed by atoms with Crippen molar-refractivity contribution in [3.05, 3.63) is 27.8 Å². The summed E-state index contributed by atoms with van der Waals surface area (Å²) < 4.78 is 16.2. The molecular formula is C13H17NO5. The third-order valence-electron chi connectivity index (χ3n) is 2.69. The lowest BCUT2D eigenvalue weighted by Gasteiger charge is -2.25. The van der Waals surface area contributed by atoms with E-state index < -0.39 is 11.0 Å². The van der Waals surface area contributed by atoms with Gasteiger partial charge in [0.05, 0.1) is 28.3 Å². The minimum Gasteiger partial charge on any atom is -0.454 e. The first-order valence-electron chi connectivity index (χ1n) is 6.03. The van der Waals surface area contributed by atoms with Crippen LogP contribution in [0.1, 0.15) is 39.4 Å². The largest absolute Gasteiger partial charge is 0.454 e. The highest BCUT2D eigenvalue weighted by atomic mass is 16.7. The Morgan fingerprint density at radius 3 is 2.42 bits per heavy atom. The number of fused-ring (bicyclic) bond motifs is 1. The van der Waals surface area contributed by atoms with E-state index in [9.17, 15) is 10.1 Å². The number of nitrogens with zero attached hydrogens (tertiary/aromatic N) is 1. The molecule has 0 amide bonds. The van der Waals surface area contributed by atoms with Crippen LogP contribution in [0.2, 0.25) is 0 Å². The average molecular weight is 267 g/mol. The molecular weight excluding hydrogens is 250 g/mol. The van der Waals surface area contributed by atoms with E-state index in [0.29, 0.717) is 17.1 Å². The highest BCUT2D eigenvalue weighted by Gasteiger charge is 2.28. The molecule has 1 aliphatic rings. The standard InChI is InChI=1S/C13H17NO5/c1-8(19-13(2,3)4)9-5-11-12(18-7-17-11)6-10(9)14(15)16/h5-6,8H,7H2,1-4H3. The Kier molecular flexibility index (Phi) is 3.36. The van der Waals surface area contributed by atoms with Crippen LogP contribution in [0.15, 0.2) is 12.1 Å². The van der Waals surface area contributed by atoms with Crippen LogP contribution >= 0.6 is 0 Å². The molecule has 1 aliphatic heterocycles. The van der Waals surface area contributed by atoms with Crippen molar-refractivity contribution in [3.8, 4) is 11.5 Å². The monoisotopic (exact) mass is 267 g/mol. The van der Waals surface area contributed by atoms with Crippen LogP contribution in [0.25, 0.3) is 0 Å². The molecule has 0 saturated carbocycles. The maximum atomic E-state index is 11.1. The van der Waals surface area contributed by atoms with Crippen LogP contribution in [0.4, 0.5) is 5.69 Å². The zero-order valence-corrected chi connectivity index (χ0v) is 11.4. The van der Waals surface area contributed by atoms with E-state index in [4.69, 9.17) is 14.2 Å². The molecule has 19 heavy (non-hydrogen) atoms. The van der Waals surface area contributed by atoms with Crippen molar-refractivity contribution in [3.63, 3.8) is 0 Å². The zero-order valence-electron chi connectivity index (χ0n) is 11.4. The maximum absolute atomic E-state index is 11.1. The van der Waals surface area contributed by atoms with E-state index in [1.807, 2.05) is 20.8 Å². The molecule has 0 N–H and O–H groups in total. The SMILES string of the molecule is CC(OC(C)(C)C)c1cc2c(cc1[N+](=O)[O-])OCO2. The molecule has 1 atom stereocenters.